The van der Waals surface area contributed by atoms with Crippen molar-refractivity contribution in [2.75, 3.05) is 5.32 Å². The third-order valence-electron chi connectivity index (χ3n) is 3.38. The van der Waals surface area contributed by atoms with E-state index in [1.807, 2.05) is 47.7 Å². The van der Waals surface area contributed by atoms with Crippen LogP contribution in [0.1, 0.15) is 29.1 Å². The van der Waals surface area contributed by atoms with Gasteiger partial charge in [-0.15, -0.1) is 11.3 Å². The minimum Gasteiger partial charge on any atom is -0.375 e. The largest absolute Gasteiger partial charge is 0.375 e. The van der Waals surface area contributed by atoms with Gasteiger partial charge in [-0.1, -0.05) is 30.3 Å². The van der Waals surface area contributed by atoms with Gasteiger partial charge in [0.1, 0.15) is 0 Å². The van der Waals surface area contributed by atoms with E-state index in [4.69, 9.17) is 0 Å². The fourth-order valence-electron chi connectivity index (χ4n) is 2.34. The monoisotopic (exact) mass is 298 g/mol. The Balaban J connectivity index is 1.67. The van der Waals surface area contributed by atoms with E-state index < -0.39 is 0 Å². The van der Waals surface area contributed by atoms with E-state index in [-0.39, 0.29) is 6.04 Å². The second-order valence-electron chi connectivity index (χ2n) is 5.08. The van der Waals surface area contributed by atoms with Gasteiger partial charge in [0.15, 0.2) is 0 Å². The lowest BCUT2D eigenvalue weighted by Gasteiger charge is -2.12. The van der Waals surface area contributed by atoms with Crippen LogP contribution in [0.25, 0.3) is 0 Å². The zero-order valence-electron chi connectivity index (χ0n) is 12.2. The third kappa shape index (κ3) is 3.31. The maximum atomic E-state index is 4.41. The minimum atomic E-state index is 0.242. The summed E-state index contributed by atoms with van der Waals surface area (Å²) in [5.74, 6) is 0. The molecule has 0 aliphatic rings. The van der Waals surface area contributed by atoms with Crippen molar-refractivity contribution in [2.24, 2.45) is 0 Å². The second-order valence-corrected chi connectivity index (χ2v) is 5.97. The van der Waals surface area contributed by atoms with E-state index in [2.05, 4.69) is 34.5 Å². The van der Waals surface area contributed by atoms with Gasteiger partial charge in [0.25, 0.3) is 0 Å². The summed E-state index contributed by atoms with van der Waals surface area (Å²) in [6, 6.07) is 10.6. The lowest BCUT2D eigenvalue weighted by Crippen LogP contribution is -2.05. The Bertz CT molecular complexity index is 702. The molecule has 3 aromatic rings. The molecule has 0 spiro atoms. The second kappa shape index (κ2) is 6.10. The van der Waals surface area contributed by atoms with E-state index in [0.29, 0.717) is 0 Å². The van der Waals surface area contributed by atoms with Crippen LogP contribution in [0.5, 0.6) is 0 Å². The van der Waals surface area contributed by atoms with Crippen molar-refractivity contribution in [1.29, 1.82) is 0 Å². The van der Waals surface area contributed by atoms with Gasteiger partial charge < -0.3 is 5.32 Å². The predicted molar refractivity (Wildman–Crippen MR) is 86.7 cm³/mol. The molecule has 5 heteroatoms. The average Bonchev–Trinajstić information content (AvgIpc) is 3.09. The zero-order valence-corrected chi connectivity index (χ0v) is 13.0. The molecule has 4 nitrogen and oxygen atoms in total. The van der Waals surface area contributed by atoms with Crippen LogP contribution in [0.3, 0.4) is 0 Å². The predicted octanol–water partition coefficient (Wildman–Crippen LogP) is 3.87. The van der Waals surface area contributed by atoms with Crippen LogP contribution in [-0.4, -0.2) is 14.8 Å². The van der Waals surface area contributed by atoms with Crippen LogP contribution < -0.4 is 5.32 Å². The fourth-order valence-corrected chi connectivity index (χ4v) is 3.15. The molecular weight excluding hydrogens is 280 g/mol. The number of nitrogens with zero attached hydrogens (tertiary/aromatic N) is 3. The zero-order chi connectivity index (χ0) is 14.7. The Morgan fingerprint density at radius 1 is 1.29 bits per heavy atom. The van der Waals surface area contributed by atoms with E-state index >= 15 is 0 Å². The summed E-state index contributed by atoms with van der Waals surface area (Å²) in [6.45, 7) is 4.98. The lowest BCUT2D eigenvalue weighted by atomic mass is 10.2. The van der Waals surface area contributed by atoms with Gasteiger partial charge in [-0.25, -0.2) is 4.98 Å². The number of aryl methyl sites for hydroxylation is 1. The molecule has 108 valence electrons. The maximum absolute atomic E-state index is 4.41. The highest BCUT2D eigenvalue weighted by atomic mass is 32.1. The molecule has 21 heavy (non-hydrogen) atoms. The van der Waals surface area contributed by atoms with Crippen LogP contribution in [0, 0.1) is 6.92 Å². The first-order valence-electron chi connectivity index (χ1n) is 6.95. The average molecular weight is 298 g/mol. The Morgan fingerprint density at radius 2 is 2.10 bits per heavy atom. The lowest BCUT2D eigenvalue weighted by molar-refractivity contribution is 0.687. The number of benzene rings is 1. The quantitative estimate of drug-likeness (QED) is 0.777. The van der Waals surface area contributed by atoms with Gasteiger partial charge in [-0.3, -0.25) is 4.68 Å². The van der Waals surface area contributed by atoms with Gasteiger partial charge in [-0.05, 0) is 19.4 Å². The number of anilines is 1. The Hall–Kier alpha value is -2.14. The summed E-state index contributed by atoms with van der Waals surface area (Å²) in [7, 11) is 0. The summed E-state index contributed by atoms with van der Waals surface area (Å²) in [4.78, 5) is 5.57. The molecule has 1 atom stereocenters. The first kappa shape index (κ1) is 13.8. The molecule has 2 heterocycles. The van der Waals surface area contributed by atoms with Gasteiger partial charge in [-0.2, -0.15) is 5.10 Å². The normalized spacial score (nSPS) is 12.3. The van der Waals surface area contributed by atoms with Crippen molar-refractivity contribution in [3.63, 3.8) is 0 Å². The van der Waals surface area contributed by atoms with Crippen LogP contribution in [-0.2, 0) is 6.54 Å². The fraction of sp³-hybridized carbons (Fsp3) is 0.250. The van der Waals surface area contributed by atoms with Gasteiger partial charge >= 0.3 is 0 Å². The van der Waals surface area contributed by atoms with Crippen molar-refractivity contribution in [3.05, 3.63) is 64.4 Å². The number of nitrogens with one attached hydrogen (secondary N) is 1. The van der Waals surface area contributed by atoms with E-state index in [1.165, 1.54) is 10.4 Å². The molecule has 0 saturated carbocycles. The minimum absolute atomic E-state index is 0.242. The topological polar surface area (TPSA) is 42.7 Å². The molecule has 0 aliphatic heterocycles. The SMILES string of the molecule is Cc1ncsc1C(C)Nc1cnn(Cc2ccccc2)c1. The van der Waals surface area contributed by atoms with E-state index in [0.717, 1.165) is 17.9 Å². The summed E-state index contributed by atoms with van der Waals surface area (Å²) in [6.07, 6.45) is 3.91. The highest BCUT2D eigenvalue weighted by molar-refractivity contribution is 7.09. The highest BCUT2D eigenvalue weighted by Crippen LogP contribution is 2.24. The Kier molecular flexibility index (Phi) is 4.01. The maximum Gasteiger partial charge on any atom is 0.0798 e. The Morgan fingerprint density at radius 3 is 2.81 bits per heavy atom. The number of aromatic nitrogens is 3. The van der Waals surface area contributed by atoms with Crippen LogP contribution >= 0.6 is 11.3 Å². The molecule has 0 radical (unpaired) electrons. The van der Waals surface area contributed by atoms with Crippen molar-refractivity contribution >= 4 is 17.0 Å². The third-order valence-corrected chi connectivity index (χ3v) is 4.49. The Labute approximate surface area is 128 Å². The molecule has 0 saturated heterocycles. The van der Waals surface area contributed by atoms with Crippen LogP contribution in [0.15, 0.2) is 48.2 Å². The summed E-state index contributed by atoms with van der Waals surface area (Å²) in [5, 5.41) is 7.89. The standard InChI is InChI=1S/C16H18N4S/c1-12-16(21-11-17-12)13(2)19-15-8-18-20(10-15)9-14-6-4-3-5-7-14/h3-8,10-11,13,19H,9H2,1-2H3. The molecule has 1 N–H and O–H groups in total. The van der Waals surface area contributed by atoms with Gasteiger partial charge in [0, 0.05) is 11.1 Å². The molecule has 1 aromatic carbocycles. The van der Waals surface area contributed by atoms with Crippen molar-refractivity contribution in [3.8, 4) is 0 Å². The number of hydrogen-bond donors (Lipinski definition) is 1. The number of rotatable bonds is 5. The molecule has 1 unspecified atom stereocenters. The molecule has 2 aromatic heterocycles. The molecular formula is C16H18N4S. The first-order chi connectivity index (χ1) is 10.2. The summed E-state index contributed by atoms with van der Waals surface area (Å²) < 4.78 is 1.95. The van der Waals surface area contributed by atoms with Crippen molar-refractivity contribution < 1.29 is 0 Å². The van der Waals surface area contributed by atoms with Crippen LogP contribution in [0.2, 0.25) is 0 Å². The summed E-state index contributed by atoms with van der Waals surface area (Å²) >= 11 is 1.69. The molecule has 3 rings (SSSR count). The van der Waals surface area contributed by atoms with Crippen molar-refractivity contribution in [1.82, 2.24) is 14.8 Å². The molecule has 0 amide bonds. The van der Waals surface area contributed by atoms with E-state index in [9.17, 15) is 0 Å². The summed E-state index contributed by atoms with van der Waals surface area (Å²) in [5.41, 5.74) is 5.27. The number of thiazole rings is 1. The van der Waals surface area contributed by atoms with E-state index in [1.54, 1.807) is 11.3 Å². The van der Waals surface area contributed by atoms with Crippen LogP contribution in [0.4, 0.5) is 5.69 Å². The highest BCUT2D eigenvalue weighted by Gasteiger charge is 2.11. The van der Waals surface area contributed by atoms with Gasteiger partial charge in [0.05, 0.1) is 35.7 Å². The molecule has 0 aliphatic carbocycles. The van der Waals surface area contributed by atoms with Crippen molar-refractivity contribution in [2.45, 2.75) is 26.4 Å². The first-order valence-corrected chi connectivity index (χ1v) is 7.83. The van der Waals surface area contributed by atoms with Gasteiger partial charge in [0.2, 0.25) is 0 Å². The number of hydrogen-bond acceptors (Lipinski definition) is 4. The smallest absolute Gasteiger partial charge is 0.0798 e. The molecule has 0 bridgehead atoms. The molecule has 0 fully saturated rings.